The SMILES string of the molecule is CC(C)c1ccc2oc(-c3cc(Br)c[n+](Cc4cccc(F)c4)c3)nc2c1. The van der Waals surface area contributed by atoms with Gasteiger partial charge in [0.05, 0.1) is 4.47 Å². The van der Waals surface area contributed by atoms with Crippen LogP contribution in [-0.2, 0) is 6.54 Å². The Morgan fingerprint density at radius 1 is 1.11 bits per heavy atom. The largest absolute Gasteiger partial charge is 0.436 e. The molecule has 0 aliphatic carbocycles. The van der Waals surface area contributed by atoms with Crippen LogP contribution in [0.25, 0.3) is 22.6 Å². The molecule has 136 valence electrons. The molecule has 5 heteroatoms. The minimum atomic E-state index is -0.233. The zero-order valence-corrected chi connectivity index (χ0v) is 16.7. The molecule has 0 amide bonds. The van der Waals surface area contributed by atoms with Gasteiger partial charge in [-0.3, -0.25) is 0 Å². The van der Waals surface area contributed by atoms with Gasteiger partial charge in [0.2, 0.25) is 5.89 Å². The van der Waals surface area contributed by atoms with Crippen molar-refractivity contribution in [2.45, 2.75) is 26.3 Å². The third-order valence-electron chi connectivity index (χ3n) is 4.47. The monoisotopic (exact) mass is 425 g/mol. The molecule has 4 rings (SSSR count). The minimum absolute atomic E-state index is 0.233. The summed E-state index contributed by atoms with van der Waals surface area (Å²) in [6, 6.07) is 14.7. The first kappa shape index (κ1) is 17.9. The van der Waals surface area contributed by atoms with Gasteiger partial charge in [-0.15, -0.1) is 0 Å². The predicted molar refractivity (Wildman–Crippen MR) is 107 cm³/mol. The van der Waals surface area contributed by atoms with Gasteiger partial charge in [-0.1, -0.05) is 32.0 Å². The van der Waals surface area contributed by atoms with Crippen molar-refractivity contribution in [2.24, 2.45) is 0 Å². The molecule has 0 aliphatic rings. The average molecular weight is 426 g/mol. The lowest BCUT2D eigenvalue weighted by Gasteiger charge is -2.02. The summed E-state index contributed by atoms with van der Waals surface area (Å²) in [5.41, 5.74) is 4.61. The van der Waals surface area contributed by atoms with Crippen molar-refractivity contribution < 1.29 is 13.4 Å². The number of nitrogens with zero attached hydrogens (tertiary/aromatic N) is 2. The summed E-state index contributed by atoms with van der Waals surface area (Å²) in [6.45, 7) is 4.87. The lowest BCUT2D eigenvalue weighted by molar-refractivity contribution is -0.688. The van der Waals surface area contributed by atoms with Crippen LogP contribution in [0.1, 0.15) is 30.9 Å². The fraction of sp³-hybridized carbons (Fsp3) is 0.182. The van der Waals surface area contributed by atoms with E-state index < -0.39 is 0 Å². The van der Waals surface area contributed by atoms with Gasteiger partial charge in [0.1, 0.15) is 16.9 Å². The summed E-state index contributed by atoms with van der Waals surface area (Å²) < 4.78 is 22.3. The number of halogens is 2. The molecule has 0 aliphatic heterocycles. The number of oxazole rings is 1. The Morgan fingerprint density at radius 2 is 1.96 bits per heavy atom. The molecule has 2 aromatic heterocycles. The summed E-state index contributed by atoms with van der Waals surface area (Å²) in [5.74, 6) is 0.775. The van der Waals surface area contributed by atoms with Gasteiger partial charge in [-0.2, -0.15) is 4.57 Å². The molecule has 0 radical (unpaired) electrons. The first-order chi connectivity index (χ1) is 13.0. The molecule has 2 aromatic carbocycles. The second-order valence-corrected chi connectivity index (χ2v) is 7.86. The Balaban J connectivity index is 1.71. The minimum Gasteiger partial charge on any atom is -0.436 e. The molecule has 2 heterocycles. The molecule has 0 saturated carbocycles. The van der Waals surface area contributed by atoms with E-state index in [1.807, 2.05) is 35.2 Å². The fourth-order valence-corrected chi connectivity index (χ4v) is 3.59. The lowest BCUT2D eigenvalue weighted by Crippen LogP contribution is -2.33. The molecule has 0 bridgehead atoms. The van der Waals surface area contributed by atoms with Crippen molar-refractivity contribution in [3.05, 3.63) is 82.3 Å². The number of fused-ring (bicyclic) bond motifs is 1. The summed E-state index contributed by atoms with van der Waals surface area (Å²) in [5, 5.41) is 0. The molecule has 0 unspecified atom stereocenters. The van der Waals surface area contributed by atoms with Crippen molar-refractivity contribution in [3.8, 4) is 11.5 Å². The maximum absolute atomic E-state index is 13.5. The van der Waals surface area contributed by atoms with Crippen LogP contribution < -0.4 is 4.57 Å². The Labute approximate surface area is 165 Å². The van der Waals surface area contributed by atoms with Crippen molar-refractivity contribution in [3.63, 3.8) is 0 Å². The van der Waals surface area contributed by atoms with Gasteiger partial charge in [-0.05, 0) is 57.7 Å². The summed E-state index contributed by atoms with van der Waals surface area (Å²) in [6.07, 6.45) is 3.91. The molecule has 3 nitrogen and oxygen atoms in total. The van der Waals surface area contributed by atoms with Crippen molar-refractivity contribution >= 4 is 27.0 Å². The van der Waals surface area contributed by atoms with Crippen LogP contribution in [0.5, 0.6) is 0 Å². The number of hydrogen-bond donors (Lipinski definition) is 0. The summed E-state index contributed by atoms with van der Waals surface area (Å²) in [4.78, 5) is 4.67. The van der Waals surface area contributed by atoms with Crippen molar-refractivity contribution in [2.75, 3.05) is 0 Å². The third kappa shape index (κ3) is 3.93. The second-order valence-electron chi connectivity index (χ2n) is 6.95. The van der Waals surface area contributed by atoms with Crippen LogP contribution in [0.3, 0.4) is 0 Å². The van der Waals surface area contributed by atoms with E-state index in [0.29, 0.717) is 18.4 Å². The van der Waals surface area contributed by atoms with E-state index in [-0.39, 0.29) is 5.82 Å². The molecule has 0 saturated heterocycles. The Hall–Kier alpha value is -2.53. The number of rotatable bonds is 4. The number of hydrogen-bond acceptors (Lipinski definition) is 2. The van der Waals surface area contributed by atoms with E-state index in [0.717, 1.165) is 26.7 Å². The molecule has 4 aromatic rings. The quantitative estimate of drug-likeness (QED) is 0.383. The summed E-state index contributed by atoms with van der Waals surface area (Å²) >= 11 is 3.55. The second kappa shape index (κ2) is 7.24. The van der Waals surface area contributed by atoms with Crippen LogP contribution in [0, 0.1) is 5.82 Å². The molecule has 0 fully saturated rings. The molecule has 0 spiro atoms. The van der Waals surface area contributed by atoms with Crippen molar-refractivity contribution in [1.29, 1.82) is 0 Å². The maximum Gasteiger partial charge on any atom is 0.233 e. The van der Waals surface area contributed by atoms with Gasteiger partial charge in [0.25, 0.3) is 0 Å². The van der Waals surface area contributed by atoms with Crippen LogP contribution in [-0.4, -0.2) is 4.98 Å². The number of aromatic nitrogens is 2. The van der Waals surface area contributed by atoms with Crippen molar-refractivity contribution in [1.82, 2.24) is 4.98 Å². The highest BCUT2D eigenvalue weighted by atomic mass is 79.9. The van der Waals surface area contributed by atoms with Gasteiger partial charge >= 0.3 is 0 Å². The Kier molecular flexibility index (Phi) is 4.79. The first-order valence-corrected chi connectivity index (χ1v) is 9.62. The zero-order chi connectivity index (χ0) is 19.0. The third-order valence-corrected chi connectivity index (χ3v) is 4.90. The predicted octanol–water partition coefficient (Wildman–Crippen LogP) is 5.86. The topological polar surface area (TPSA) is 29.9 Å². The fourth-order valence-electron chi connectivity index (χ4n) is 3.08. The molecule has 0 N–H and O–H groups in total. The Bertz CT molecular complexity index is 1120. The number of pyridine rings is 1. The smallest absolute Gasteiger partial charge is 0.233 e. The van der Waals surface area contributed by atoms with Gasteiger partial charge in [0, 0.05) is 5.56 Å². The molecular weight excluding hydrogens is 407 g/mol. The van der Waals surface area contributed by atoms with Gasteiger partial charge in [-0.25, -0.2) is 9.37 Å². The Morgan fingerprint density at radius 3 is 2.74 bits per heavy atom. The van der Waals surface area contributed by atoms with Gasteiger partial charge in [0.15, 0.2) is 24.5 Å². The van der Waals surface area contributed by atoms with E-state index in [1.54, 1.807) is 12.1 Å². The van der Waals surface area contributed by atoms with E-state index >= 15 is 0 Å². The standard InChI is InChI=1S/C22H19BrFN2O/c1-14(2)16-6-7-21-20(10-16)25-22(27-21)17-9-18(23)13-26(12-17)11-15-4-3-5-19(24)8-15/h3-10,12-14H,11H2,1-2H3/q+1. The van der Waals surface area contributed by atoms with E-state index in [4.69, 9.17) is 4.42 Å². The van der Waals surface area contributed by atoms with E-state index in [2.05, 4.69) is 46.9 Å². The normalized spacial score (nSPS) is 11.4. The highest BCUT2D eigenvalue weighted by Gasteiger charge is 2.15. The van der Waals surface area contributed by atoms with E-state index in [9.17, 15) is 4.39 Å². The van der Waals surface area contributed by atoms with Crippen LogP contribution in [0.4, 0.5) is 4.39 Å². The lowest BCUT2D eigenvalue weighted by atomic mass is 10.0. The highest BCUT2D eigenvalue weighted by Crippen LogP contribution is 2.27. The van der Waals surface area contributed by atoms with Crippen LogP contribution >= 0.6 is 15.9 Å². The molecule has 27 heavy (non-hydrogen) atoms. The van der Waals surface area contributed by atoms with E-state index in [1.165, 1.54) is 11.6 Å². The number of benzene rings is 2. The summed E-state index contributed by atoms with van der Waals surface area (Å²) in [7, 11) is 0. The molecule has 0 atom stereocenters. The zero-order valence-electron chi connectivity index (χ0n) is 15.1. The van der Waals surface area contributed by atoms with Crippen LogP contribution in [0.2, 0.25) is 0 Å². The average Bonchev–Trinajstić information content (AvgIpc) is 3.04. The maximum atomic E-state index is 13.5. The van der Waals surface area contributed by atoms with Gasteiger partial charge < -0.3 is 4.42 Å². The van der Waals surface area contributed by atoms with Crippen LogP contribution in [0.15, 0.2) is 69.8 Å². The first-order valence-electron chi connectivity index (χ1n) is 8.83. The molecular formula is C22H19BrFN2O+. The highest BCUT2D eigenvalue weighted by molar-refractivity contribution is 9.10.